The van der Waals surface area contributed by atoms with Crippen molar-refractivity contribution in [1.82, 2.24) is 4.90 Å². The molecule has 0 spiro atoms. The Hall–Kier alpha value is -1.75. The molecule has 1 aliphatic heterocycles. The number of hydrogen-bond donors (Lipinski definition) is 1. The average molecular weight is 198 g/mol. The average Bonchev–Trinajstić information content (AvgIpc) is 2.48. The molecule has 1 heterocycles. The van der Waals surface area contributed by atoms with E-state index in [1.807, 2.05) is 0 Å². The third-order valence-electron chi connectivity index (χ3n) is 2.22. The molecule has 7 nitrogen and oxygen atoms in total. The van der Waals surface area contributed by atoms with Crippen LogP contribution in [0.15, 0.2) is 5.11 Å². The molecule has 1 rings (SSSR count). The third kappa shape index (κ3) is 1.77. The highest BCUT2D eigenvalue weighted by atomic mass is 16.4. The molecule has 76 valence electrons. The molecule has 14 heavy (non-hydrogen) atoms. The Balaban J connectivity index is 2.90. The van der Waals surface area contributed by atoms with Crippen LogP contribution in [0.4, 0.5) is 0 Å². The van der Waals surface area contributed by atoms with Crippen LogP contribution in [0.2, 0.25) is 0 Å². The van der Waals surface area contributed by atoms with Gasteiger partial charge in [0.2, 0.25) is 5.91 Å². The number of carbonyl (C=O) groups is 2. The summed E-state index contributed by atoms with van der Waals surface area (Å²) in [5, 5.41) is 12.2. The van der Waals surface area contributed by atoms with Crippen molar-refractivity contribution in [2.75, 3.05) is 6.54 Å². The van der Waals surface area contributed by atoms with E-state index in [1.54, 1.807) is 0 Å². The molecule has 2 atom stereocenters. The van der Waals surface area contributed by atoms with Crippen molar-refractivity contribution < 1.29 is 14.7 Å². The molecule has 1 saturated heterocycles. The van der Waals surface area contributed by atoms with Crippen LogP contribution >= 0.6 is 0 Å². The van der Waals surface area contributed by atoms with Crippen molar-refractivity contribution in [3.8, 4) is 0 Å². The molecule has 0 bridgehead atoms. The minimum atomic E-state index is -1.13. The van der Waals surface area contributed by atoms with Gasteiger partial charge in [0, 0.05) is 18.4 Å². The number of likely N-dealkylation sites (tertiary alicyclic amines) is 1. The Morgan fingerprint density at radius 1 is 1.64 bits per heavy atom. The normalized spacial score (nSPS) is 25.6. The largest absolute Gasteiger partial charge is 0.480 e. The summed E-state index contributed by atoms with van der Waals surface area (Å²) >= 11 is 0. The summed E-state index contributed by atoms with van der Waals surface area (Å²) < 4.78 is 0. The molecule has 0 aromatic heterocycles. The molecule has 0 aromatic rings. The van der Waals surface area contributed by atoms with Gasteiger partial charge in [-0.2, -0.15) is 0 Å². The summed E-state index contributed by atoms with van der Waals surface area (Å²) in [6.45, 7) is 1.63. The van der Waals surface area contributed by atoms with Gasteiger partial charge in [-0.05, 0) is 12.0 Å². The number of rotatable bonds is 2. The van der Waals surface area contributed by atoms with Gasteiger partial charge >= 0.3 is 5.97 Å². The lowest BCUT2D eigenvalue weighted by molar-refractivity contribution is -0.147. The fraction of sp³-hybridized carbons (Fsp3) is 0.714. The Labute approximate surface area is 79.9 Å². The highest BCUT2D eigenvalue weighted by molar-refractivity contribution is 5.83. The predicted molar refractivity (Wildman–Crippen MR) is 46.4 cm³/mol. The van der Waals surface area contributed by atoms with E-state index in [-0.39, 0.29) is 5.91 Å². The maximum atomic E-state index is 11.0. The van der Waals surface area contributed by atoms with E-state index in [9.17, 15) is 9.59 Å². The molecule has 0 aromatic carbocycles. The van der Waals surface area contributed by atoms with Gasteiger partial charge in [-0.3, -0.25) is 4.79 Å². The zero-order valence-corrected chi connectivity index (χ0v) is 7.62. The van der Waals surface area contributed by atoms with Crippen molar-refractivity contribution in [3.05, 3.63) is 10.4 Å². The van der Waals surface area contributed by atoms with Crippen LogP contribution in [0.3, 0.4) is 0 Å². The summed E-state index contributed by atoms with van der Waals surface area (Å²) in [6.07, 6.45) is 0.403. The maximum Gasteiger partial charge on any atom is 0.326 e. The molecule has 1 fully saturated rings. The first-order chi connectivity index (χ1) is 6.57. The monoisotopic (exact) mass is 198 g/mol. The van der Waals surface area contributed by atoms with Crippen LogP contribution in [0, 0.1) is 0 Å². The number of nitrogens with zero attached hydrogens (tertiary/aromatic N) is 4. The van der Waals surface area contributed by atoms with Crippen molar-refractivity contribution in [1.29, 1.82) is 0 Å². The molecule has 1 amide bonds. The summed E-state index contributed by atoms with van der Waals surface area (Å²) in [5.74, 6) is -1.44. The smallest absolute Gasteiger partial charge is 0.326 e. The summed E-state index contributed by atoms with van der Waals surface area (Å²) in [6, 6.07) is -1.66. The first kappa shape index (κ1) is 10.3. The van der Waals surface area contributed by atoms with Gasteiger partial charge in [-0.15, -0.1) is 0 Å². The molecule has 7 heteroatoms. The standard InChI is InChI=1S/C7H10N4O3/c1-4(12)11-3-2-5(9-10-8)6(11)7(13)14/h5-6H,2-3H2,1H3,(H,13,14)/t5-,6+/m1/s1. The lowest BCUT2D eigenvalue weighted by Crippen LogP contribution is -2.43. The molecule has 1 aliphatic rings. The van der Waals surface area contributed by atoms with E-state index in [2.05, 4.69) is 10.0 Å². The number of aliphatic carboxylic acids is 1. The fourth-order valence-corrected chi connectivity index (χ4v) is 1.61. The fourth-order valence-electron chi connectivity index (χ4n) is 1.61. The highest BCUT2D eigenvalue weighted by Gasteiger charge is 2.40. The van der Waals surface area contributed by atoms with Crippen molar-refractivity contribution >= 4 is 11.9 Å². The topological polar surface area (TPSA) is 106 Å². The van der Waals surface area contributed by atoms with Crippen molar-refractivity contribution in [2.45, 2.75) is 25.4 Å². The number of carbonyl (C=O) groups excluding carboxylic acids is 1. The van der Waals surface area contributed by atoms with Crippen LogP contribution in [0.5, 0.6) is 0 Å². The number of carboxylic acids is 1. The van der Waals surface area contributed by atoms with Crippen LogP contribution in [-0.2, 0) is 9.59 Å². The van der Waals surface area contributed by atoms with Gasteiger partial charge in [0.15, 0.2) is 0 Å². The lowest BCUT2D eigenvalue weighted by Gasteiger charge is -2.21. The van der Waals surface area contributed by atoms with Gasteiger partial charge in [0.05, 0.1) is 6.04 Å². The Morgan fingerprint density at radius 2 is 2.29 bits per heavy atom. The predicted octanol–water partition coefficient (Wildman–Crippen LogP) is 0.371. The van der Waals surface area contributed by atoms with E-state index >= 15 is 0 Å². The Morgan fingerprint density at radius 3 is 2.71 bits per heavy atom. The zero-order chi connectivity index (χ0) is 10.7. The number of carboxylic acid groups (broad SMARTS) is 1. The summed E-state index contributed by atoms with van der Waals surface area (Å²) in [4.78, 5) is 25.6. The number of azide groups is 1. The van der Waals surface area contributed by atoms with Gasteiger partial charge in [0.1, 0.15) is 6.04 Å². The van der Waals surface area contributed by atoms with Crippen LogP contribution in [0.25, 0.3) is 10.4 Å². The van der Waals surface area contributed by atoms with Gasteiger partial charge in [-0.1, -0.05) is 5.11 Å². The molecule has 0 radical (unpaired) electrons. The lowest BCUT2D eigenvalue weighted by atomic mass is 10.1. The van der Waals surface area contributed by atoms with E-state index in [4.69, 9.17) is 10.6 Å². The van der Waals surface area contributed by atoms with Crippen LogP contribution in [0.1, 0.15) is 13.3 Å². The van der Waals surface area contributed by atoms with Gasteiger partial charge in [-0.25, -0.2) is 4.79 Å². The van der Waals surface area contributed by atoms with Crippen LogP contribution in [-0.4, -0.2) is 40.5 Å². The number of amides is 1. The van der Waals surface area contributed by atoms with Gasteiger partial charge in [0.25, 0.3) is 0 Å². The van der Waals surface area contributed by atoms with E-state index in [0.29, 0.717) is 13.0 Å². The van der Waals surface area contributed by atoms with Crippen molar-refractivity contribution in [2.24, 2.45) is 5.11 Å². The van der Waals surface area contributed by atoms with E-state index in [1.165, 1.54) is 11.8 Å². The van der Waals surface area contributed by atoms with Crippen molar-refractivity contribution in [3.63, 3.8) is 0 Å². The summed E-state index contributed by atoms with van der Waals surface area (Å²) in [5.41, 5.74) is 8.21. The molecule has 1 N–H and O–H groups in total. The molecular formula is C7H10N4O3. The quantitative estimate of drug-likeness (QED) is 0.393. The first-order valence-electron chi connectivity index (χ1n) is 4.12. The molecule has 0 unspecified atom stereocenters. The van der Waals surface area contributed by atoms with Gasteiger partial charge < -0.3 is 10.0 Å². The van der Waals surface area contributed by atoms with Crippen LogP contribution < -0.4 is 0 Å². The minimum Gasteiger partial charge on any atom is -0.480 e. The molecular weight excluding hydrogens is 188 g/mol. The Kier molecular flexibility index (Phi) is 2.93. The SMILES string of the molecule is CC(=O)N1CC[C@@H](N=[N+]=[N-])[C@H]1C(=O)O. The van der Waals surface area contributed by atoms with E-state index < -0.39 is 18.1 Å². The minimum absolute atomic E-state index is 0.312. The summed E-state index contributed by atoms with van der Waals surface area (Å²) in [7, 11) is 0. The molecule has 0 aliphatic carbocycles. The highest BCUT2D eigenvalue weighted by Crippen LogP contribution is 2.21. The molecule has 0 saturated carbocycles. The maximum absolute atomic E-state index is 11.0. The second-order valence-corrected chi connectivity index (χ2v) is 3.06. The second-order valence-electron chi connectivity index (χ2n) is 3.06. The van der Waals surface area contributed by atoms with E-state index in [0.717, 1.165) is 0 Å². The Bertz CT molecular complexity index is 300. The number of hydrogen-bond acceptors (Lipinski definition) is 3. The second kappa shape index (κ2) is 3.97. The third-order valence-corrected chi connectivity index (χ3v) is 2.22. The zero-order valence-electron chi connectivity index (χ0n) is 7.62. The first-order valence-corrected chi connectivity index (χ1v) is 4.12.